The fourth-order valence-electron chi connectivity index (χ4n) is 4.66. The lowest BCUT2D eigenvalue weighted by atomic mass is 9.68. The van der Waals surface area contributed by atoms with Crippen molar-refractivity contribution < 1.29 is 14.3 Å². The number of nitrogens with one attached hydrogen (secondary N) is 1. The van der Waals surface area contributed by atoms with E-state index >= 15 is 0 Å². The number of aromatic nitrogens is 1. The zero-order chi connectivity index (χ0) is 24.3. The van der Waals surface area contributed by atoms with Gasteiger partial charge in [-0.1, -0.05) is 57.5 Å². The molecule has 0 saturated carbocycles. The van der Waals surface area contributed by atoms with Crippen LogP contribution in [0.25, 0.3) is 10.9 Å². The number of nitrogens with zero attached hydrogens (tertiary/aromatic N) is 2. The number of ether oxygens (including phenoxy) is 1. The second kappa shape index (κ2) is 9.64. The number of esters is 1. The van der Waals surface area contributed by atoms with Gasteiger partial charge in [-0.25, -0.2) is 4.79 Å². The van der Waals surface area contributed by atoms with E-state index < -0.39 is 18.5 Å². The molecule has 0 radical (unpaired) electrons. The summed E-state index contributed by atoms with van der Waals surface area (Å²) in [5, 5.41) is 12.6. The lowest BCUT2D eigenvalue weighted by Gasteiger charge is -2.37. The van der Waals surface area contributed by atoms with E-state index in [0.717, 1.165) is 47.8 Å². The van der Waals surface area contributed by atoms with Crippen molar-refractivity contribution in [3.8, 4) is 6.07 Å². The van der Waals surface area contributed by atoms with E-state index in [4.69, 9.17) is 9.72 Å². The van der Waals surface area contributed by atoms with E-state index in [-0.39, 0.29) is 5.41 Å². The number of hydrogen-bond acceptors (Lipinski definition) is 5. The molecule has 1 atom stereocenters. The second-order valence-corrected chi connectivity index (χ2v) is 9.49. The summed E-state index contributed by atoms with van der Waals surface area (Å²) in [6.07, 6.45) is 3.67. The summed E-state index contributed by atoms with van der Waals surface area (Å²) < 4.78 is 5.50. The number of fused-ring (bicyclic) bond motifs is 2. The minimum atomic E-state index is -0.520. The van der Waals surface area contributed by atoms with Crippen LogP contribution < -0.4 is 5.32 Å². The van der Waals surface area contributed by atoms with Crippen LogP contribution in [0.15, 0.2) is 48.5 Å². The van der Waals surface area contributed by atoms with E-state index in [1.54, 1.807) is 24.3 Å². The molecule has 1 aliphatic rings. The van der Waals surface area contributed by atoms with Crippen LogP contribution in [0.5, 0.6) is 0 Å². The maximum Gasteiger partial charge on any atom is 0.339 e. The molecule has 4 rings (SSSR count). The maximum absolute atomic E-state index is 13.4. The minimum Gasteiger partial charge on any atom is -0.452 e. The summed E-state index contributed by atoms with van der Waals surface area (Å²) in [6.45, 7) is 6.32. The first kappa shape index (κ1) is 23.4. The van der Waals surface area contributed by atoms with Gasteiger partial charge in [0.05, 0.1) is 22.3 Å². The average Bonchev–Trinajstić information content (AvgIpc) is 2.85. The van der Waals surface area contributed by atoms with Gasteiger partial charge in [0.15, 0.2) is 6.61 Å². The topological polar surface area (TPSA) is 92.1 Å². The van der Waals surface area contributed by atoms with Gasteiger partial charge in [-0.3, -0.25) is 9.78 Å². The second-order valence-electron chi connectivity index (χ2n) is 9.49. The number of benzene rings is 2. The van der Waals surface area contributed by atoms with Crippen LogP contribution in [0.4, 0.5) is 5.69 Å². The molecule has 1 unspecified atom stereocenters. The lowest BCUT2D eigenvalue weighted by molar-refractivity contribution is -0.119. The molecule has 0 aliphatic heterocycles. The molecule has 34 heavy (non-hydrogen) atoms. The van der Waals surface area contributed by atoms with Crippen molar-refractivity contribution in [2.24, 2.45) is 11.3 Å². The number of hydrogen-bond donors (Lipinski definition) is 1. The molecule has 0 spiro atoms. The fraction of sp³-hybridized carbons (Fsp3) is 0.357. The third-order valence-corrected chi connectivity index (χ3v) is 7.14. The number of rotatable bonds is 6. The Morgan fingerprint density at radius 3 is 2.68 bits per heavy atom. The van der Waals surface area contributed by atoms with Crippen LogP contribution >= 0.6 is 0 Å². The van der Waals surface area contributed by atoms with Crippen molar-refractivity contribution in [1.82, 2.24) is 4.98 Å². The number of aryl methyl sites for hydroxylation is 1. The van der Waals surface area contributed by atoms with Crippen LogP contribution in [0, 0.1) is 22.7 Å². The lowest BCUT2D eigenvalue weighted by Crippen LogP contribution is -2.31. The molecule has 6 nitrogen and oxygen atoms in total. The van der Waals surface area contributed by atoms with Gasteiger partial charge in [0.1, 0.15) is 6.07 Å². The van der Waals surface area contributed by atoms with Crippen molar-refractivity contribution in [1.29, 1.82) is 5.26 Å². The molecule has 1 N–H and O–H groups in total. The normalized spacial score (nSPS) is 15.3. The van der Waals surface area contributed by atoms with Crippen LogP contribution in [0.2, 0.25) is 0 Å². The molecule has 0 saturated heterocycles. The third-order valence-electron chi connectivity index (χ3n) is 7.14. The molecule has 0 fully saturated rings. The summed E-state index contributed by atoms with van der Waals surface area (Å²) >= 11 is 0. The molecule has 2 aromatic carbocycles. The molecule has 0 bridgehead atoms. The molecular formula is C28H29N3O3. The molecule has 1 aliphatic carbocycles. The van der Waals surface area contributed by atoms with Crippen molar-refractivity contribution in [2.45, 2.75) is 46.5 Å². The van der Waals surface area contributed by atoms with Gasteiger partial charge >= 0.3 is 5.97 Å². The van der Waals surface area contributed by atoms with Gasteiger partial charge in [-0.15, -0.1) is 0 Å². The predicted octanol–water partition coefficient (Wildman–Crippen LogP) is 5.44. The Morgan fingerprint density at radius 1 is 1.18 bits per heavy atom. The molecule has 1 heterocycles. The van der Waals surface area contributed by atoms with E-state index in [1.165, 1.54) is 0 Å². The molecule has 6 heteroatoms. The standard InChI is InChI=1S/C28H29N3O3/c1-4-28(2,3)19-13-14-24-21(15-19)26(20-10-6-8-12-23(20)30-24)27(33)34-17-25(32)31-22-11-7-5-9-18(22)16-29/h5-12,19H,4,13-15,17H2,1-3H3,(H,31,32). The van der Waals surface area contributed by atoms with E-state index in [1.807, 2.05) is 30.3 Å². The molecular weight excluding hydrogens is 426 g/mol. The van der Waals surface area contributed by atoms with Gasteiger partial charge in [0, 0.05) is 11.1 Å². The van der Waals surface area contributed by atoms with Gasteiger partial charge in [-0.2, -0.15) is 5.26 Å². The Hall–Kier alpha value is -3.72. The fourth-order valence-corrected chi connectivity index (χ4v) is 4.66. The number of anilines is 1. The van der Waals surface area contributed by atoms with Gasteiger partial charge in [-0.05, 0) is 54.4 Å². The summed E-state index contributed by atoms with van der Waals surface area (Å²) in [4.78, 5) is 30.7. The SMILES string of the molecule is CCC(C)(C)C1CCc2nc3ccccc3c(C(=O)OCC(=O)Nc3ccccc3C#N)c2C1. The van der Waals surface area contributed by atoms with Gasteiger partial charge in [0.25, 0.3) is 5.91 Å². The first-order valence-electron chi connectivity index (χ1n) is 11.7. The molecule has 1 aromatic heterocycles. The minimum absolute atomic E-state index is 0.151. The highest BCUT2D eigenvalue weighted by molar-refractivity contribution is 6.06. The zero-order valence-corrected chi connectivity index (χ0v) is 19.9. The van der Waals surface area contributed by atoms with Crippen LogP contribution in [0.1, 0.15) is 60.8 Å². The Balaban J connectivity index is 1.60. The summed E-state index contributed by atoms with van der Waals surface area (Å²) in [5.74, 6) is -0.577. The summed E-state index contributed by atoms with van der Waals surface area (Å²) in [7, 11) is 0. The van der Waals surface area contributed by atoms with Gasteiger partial charge < -0.3 is 10.1 Å². The molecule has 3 aromatic rings. The highest BCUT2D eigenvalue weighted by Crippen LogP contribution is 2.41. The van der Waals surface area contributed by atoms with E-state index in [2.05, 4.69) is 26.1 Å². The van der Waals surface area contributed by atoms with E-state index in [0.29, 0.717) is 22.7 Å². The summed E-state index contributed by atoms with van der Waals surface area (Å²) in [5.41, 5.74) is 4.05. The van der Waals surface area contributed by atoms with Crippen molar-refractivity contribution in [3.63, 3.8) is 0 Å². The predicted molar refractivity (Wildman–Crippen MR) is 131 cm³/mol. The Morgan fingerprint density at radius 2 is 1.91 bits per heavy atom. The number of carbonyl (C=O) groups excluding carboxylic acids is 2. The number of carbonyl (C=O) groups is 2. The largest absolute Gasteiger partial charge is 0.452 e. The van der Waals surface area contributed by atoms with Crippen molar-refractivity contribution in [3.05, 3.63) is 70.9 Å². The van der Waals surface area contributed by atoms with Crippen LogP contribution in [0.3, 0.4) is 0 Å². The monoisotopic (exact) mass is 455 g/mol. The summed E-state index contributed by atoms with van der Waals surface area (Å²) in [6, 6.07) is 16.3. The Bertz CT molecular complexity index is 1290. The zero-order valence-electron chi connectivity index (χ0n) is 19.9. The molecule has 174 valence electrons. The van der Waals surface area contributed by atoms with Crippen LogP contribution in [-0.2, 0) is 22.4 Å². The smallest absolute Gasteiger partial charge is 0.339 e. The first-order chi connectivity index (χ1) is 16.3. The molecule has 1 amide bonds. The number of para-hydroxylation sites is 2. The Kier molecular flexibility index (Phi) is 6.65. The van der Waals surface area contributed by atoms with Crippen LogP contribution in [-0.4, -0.2) is 23.5 Å². The van der Waals surface area contributed by atoms with E-state index in [9.17, 15) is 14.9 Å². The van der Waals surface area contributed by atoms with Crippen molar-refractivity contribution in [2.75, 3.05) is 11.9 Å². The van der Waals surface area contributed by atoms with Gasteiger partial charge in [0.2, 0.25) is 0 Å². The quantitative estimate of drug-likeness (QED) is 0.500. The Labute approximate surface area is 200 Å². The van der Waals surface area contributed by atoms with Crippen molar-refractivity contribution >= 4 is 28.5 Å². The first-order valence-corrected chi connectivity index (χ1v) is 11.7. The number of amides is 1. The maximum atomic E-state index is 13.4. The number of nitriles is 1. The third kappa shape index (κ3) is 4.65. The highest BCUT2D eigenvalue weighted by atomic mass is 16.5. The average molecular weight is 456 g/mol. The highest BCUT2D eigenvalue weighted by Gasteiger charge is 2.34. The number of pyridine rings is 1.